The van der Waals surface area contributed by atoms with E-state index >= 15 is 0 Å². The number of hydrogen-bond acceptors (Lipinski definition) is 3. The zero-order valence-electron chi connectivity index (χ0n) is 13.0. The molecule has 2 saturated carbocycles. The van der Waals surface area contributed by atoms with E-state index in [-0.39, 0.29) is 16.4 Å². The standard InChI is InChI=1S/C18H23NO3/c1-18-10-9-13-12(14(18)7-8-16(18)20)6-5-11-3-2-4-15(17(11)13)19(21)22/h2-4,12-14,16,20H,5-10H2,1H3/t12-,13+,14+,16+,18+/m1/s1. The fourth-order valence-electron chi connectivity index (χ4n) is 5.75. The van der Waals surface area contributed by atoms with Crippen molar-refractivity contribution in [2.24, 2.45) is 17.3 Å². The van der Waals surface area contributed by atoms with Crippen molar-refractivity contribution in [1.82, 2.24) is 0 Å². The zero-order chi connectivity index (χ0) is 15.5. The molecule has 1 aromatic carbocycles. The normalized spacial score (nSPS) is 39.7. The first-order chi connectivity index (χ1) is 10.5. The molecule has 0 unspecified atom stereocenters. The van der Waals surface area contributed by atoms with Gasteiger partial charge < -0.3 is 5.11 Å². The largest absolute Gasteiger partial charge is 0.393 e. The molecule has 4 nitrogen and oxygen atoms in total. The first kappa shape index (κ1) is 14.2. The third-order valence-corrected chi connectivity index (χ3v) is 6.87. The maximum Gasteiger partial charge on any atom is 0.273 e. The van der Waals surface area contributed by atoms with Gasteiger partial charge in [-0.25, -0.2) is 0 Å². The van der Waals surface area contributed by atoms with E-state index in [1.165, 1.54) is 5.56 Å². The zero-order valence-corrected chi connectivity index (χ0v) is 13.0. The smallest absolute Gasteiger partial charge is 0.273 e. The summed E-state index contributed by atoms with van der Waals surface area (Å²) in [5.74, 6) is 1.34. The highest BCUT2D eigenvalue weighted by Gasteiger charge is 2.55. The van der Waals surface area contributed by atoms with Crippen LogP contribution in [0.15, 0.2) is 18.2 Å². The summed E-state index contributed by atoms with van der Waals surface area (Å²) in [6, 6.07) is 5.55. The molecule has 0 aromatic heterocycles. The van der Waals surface area contributed by atoms with Crippen LogP contribution in [0.25, 0.3) is 0 Å². The van der Waals surface area contributed by atoms with Gasteiger partial charge in [0.2, 0.25) is 0 Å². The van der Waals surface area contributed by atoms with Gasteiger partial charge in [0.25, 0.3) is 5.69 Å². The fourth-order valence-corrected chi connectivity index (χ4v) is 5.75. The lowest BCUT2D eigenvalue weighted by molar-refractivity contribution is -0.386. The van der Waals surface area contributed by atoms with Gasteiger partial charge in [-0.05, 0) is 67.3 Å². The molecule has 4 rings (SSSR count). The van der Waals surface area contributed by atoms with Crippen LogP contribution in [0, 0.1) is 27.4 Å². The molecule has 4 heteroatoms. The topological polar surface area (TPSA) is 63.4 Å². The molecule has 0 bridgehead atoms. The van der Waals surface area contributed by atoms with E-state index < -0.39 is 0 Å². The Labute approximate surface area is 130 Å². The molecule has 2 fully saturated rings. The second kappa shape index (κ2) is 4.79. The Bertz CT molecular complexity index is 629. The average molecular weight is 301 g/mol. The molecule has 0 spiro atoms. The summed E-state index contributed by atoms with van der Waals surface area (Å²) in [7, 11) is 0. The van der Waals surface area contributed by atoms with Gasteiger partial charge in [0.1, 0.15) is 0 Å². The number of nitrogens with zero attached hydrogens (tertiary/aromatic N) is 1. The Balaban J connectivity index is 1.77. The summed E-state index contributed by atoms with van der Waals surface area (Å²) >= 11 is 0. The maximum atomic E-state index is 11.5. The minimum atomic E-state index is -0.210. The molecule has 3 aliphatic rings. The highest BCUT2D eigenvalue weighted by Crippen LogP contribution is 2.61. The number of fused-ring (bicyclic) bond motifs is 5. The van der Waals surface area contributed by atoms with Crippen molar-refractivity contribution in [3.8, 4) is 0 Å². The molecule has 118 valence electrons. The van der Waals surface area contributed by atoms with Crippen molar-refractivity contribution in [3.05, 3.63) is 39.4 Å². The first-order valence-corrected chi connectivity index (χ1v) is 8.46. The average Bonchev–Trinajstić information content (AvgIpc) is 2.82. The minimum Gasteiger partial charge on any atom is -0.393 e. The number of nitro benzene ring substituents is 1. The predicted molar refractivity (Wildman–Crippen MR) is 83.7 cm³/mol. The summed E-state index contributed by atoms with van der Waals surface area (Å²) in [6.07, 6.45) is 5.82. The number of aryl methyl sites for hydroxylation is 1. The Kier molecular flexibility index (Phi) is 3.09. The lowest BCUT2D eigenvalue weighted by atomic mass is 9.55. The fraction of sp³-hybridized carbons (Fsp3) is 0.667. The second-order valence-electron chi connectivity index (χ2n) is 7.66. The molecule has 0 amide bonds. The van der Waals surface area contributed by atoms with Crippen molar-refractivity contribution >= 4 is 5.69 Å². The number of hydrogen-bond donors (Lipinski definition) is 1. The SMILES string of the molecule is C[C@]12CC[C@@H]3c4c(cccc4[N+](=O)[O-])CC[C@H]3[C@@H]1CC[C@@H]2O. The van der Waals surface area contributed by atoms with Gasteiger partial charge in [0.15, 0.2) is 0 Å². The molecule has 0 heterocycles. The van der Waals surface area contributed by atoms with E-state index in [0.29, 0.717) is 23.4 Å². The minimum absolute atomic E-state index is 0.0300. The highest BCUT2D eigenvalue weighted by atomic mass is 16.6. The Morgan fingerprint density at radius 1 is 1.27 bits per heavy atom. The van der Waals surface area contributed by atoms with Gasteiger partial charge in [-0.2, -0.15) is 0 Å². The van der Waals surface area contributed by atoms with Gasteiger partial charge in [-0.3, -0.25) is 10.1 Å². The number of benzene rings is 1. The Hall–Kier alpha value is -1.42. The van der Waals surface area contributed by atoms with Gasteiger partial charge in [-0.15, -0.1) is 0 Å². The number of aliphatic hydroxyl groups is 1. The van der Waals surface area contributed by atoms with Gasteiger partial charge in [0.05, 0.1) is 11.0 Å². The second-order valence-corrected chi connectivity index (χ2v) is 7.66. The summed E-state index contributed by atoms with van der Waals surface area (Å²) in [4.78, 5) is 11.2. The van der Waals surface area contributed by atoms with Crippen molar-refractivity contribution in [2.75, 3.05) is 0 Å². The lowest BCUT2D eigenvalue weighted by Crippen LogP contribution is -2.44. The number of nitro groups is 1. The lowest BCUT2D eigenvalue weighted by Gasteiger charge is -2.49. The number of aliphatic hydroxyl groups excluding tert-OH is 1. The molecule has 22 heavy (non-hydrogen) atoms. The molecular weight excluding hydrogens is 278 g/mol. The van der Waals surface area contributed by atoms with Gasteiger partial charge >= 0.3 is 0 Å². The maximum absolute atomic E-state index is 11.5. The third kappa shape index (κ3) is 1.79. The molecule has 1 N–H and O–H groups in total. The van der Waals surface area contributed by atoms with Crippen LogP contribution in [0.1, 0.15) is 56.1 Å². The van der Waals surface area contributed by atoms with Crippen LogP contribution in [0.5, 0.6) is 0 Å². The van der Waals surface area contributed by atoms with Crippen LogP contribution in [0.2, 0.25) is 0 Å². The van der Waals surface area contributed by atoms with E-state index in [1.54, 1.807) is 6.07 Å². The van der Waals surface area contributed by atoms with Gasteiger partial charge in [-0.1, -0.05) is 19.1 Å². The summed E-state index contributed by atoms with van der Waals surface area (Å²) < 4.78 is 0. The monoisotopic (exact) mass is 301 g/mol. The third-order valence-electron chi connectivity index (χ3n) is 6.87. The first-order valence-electron chi connectivity index (χ1n) is 8.46. The van der Waals surface area contributed by atoms with E-state index in [4.69, 9.17) is 0 Å². The molecule has 0 saturated heterocycles. The van der Waals surface area contributed by atoms with Crippen LogP contribution >= 0.6 is 0 Å². The summed E-state index contributed by atoms with van der Waals surface area (Å²) in [6.45, 7) is 2.24. The van der Waals surface area contributed by atoms with Crippen molar-refractivity contribution in [2.45, 2.75) is 57.5 Å². The van der Waals surface area contributed by atoms with Gasteiger partial charge in [0, 0.05) is 11.6 Å². The summed E-state index contributed by atoms with van der Waals surface area (Å²) in [5.41, 5.74) is 2.53. The van der Waals surface area contributed by atoms with Crippen LogP contribution in [0.3, 0.4) is 0 Å². The van der Waals surface area contributed by atoms with Crippen LogP contribution in [-0.4, -0.2) is 16.1 Å². The van der Waals surface area contributed by atoms with E-state index in [1.807, 2.05) is 6.07 Å². The summed E-state index contributed by atoms with van der Waals surface area (Å²) in [5, 5.41) is 21.9. The number of rotatable bonds is 1. The Morgan fingerprint density at radius 2 is 2.09 bits per heavy atom. The predicted octanol–water partition coefficient (Wildman–Crippen LogP) is 3.81. The highest BCUT2D eigenvalue weighted by molar-refractivity contribution is 5.50. The van der Waals surface area contributed by atoms with Crippen LogP contribution < -0.4 is 0 Å². The van der Waals surface area contributed by atoms with Crippen LogP contribution in [-0.2, 0) is 6.42 Å². The van der Waals surface area contributed by atoms with Crippen molar-refractivity contribution in [1.29, 1.82) is 0 Å². The van der Waals surface area contributed by atoms with Crippen molar-refractivity contribution in [3.63, 3.8) is 0 Å². The van der Waals surface area contributed by atoms with Crippen LogP contribution in [0.4, 0.5) is 5.69 Å². The molecule has 0 aliphatic heterocycles. The molecular formula is C18H23NO3. The van der Waals surface area contributed by atoms with E-state index in [2.05, 4.69) is 13.0 Å². The molecule has 3 aliphatic carbocycles. The quantitative estimate of drug-likeness (QED) is 0.633. The molecule has 1 aromatic rings. The van der Waals surface area contributed by atoms with E-state index in [0.717, 1.165) is 44.1 Å². The molecule has 5 atom stereocenters. The Morgan fingerprint density at radius 3 is 2.86 bits per heavy atom. The molecule has 0 radical (unpaired) electrons. The van der Waals surface area contributed by atoms with E-state index in [9.17, 15) is 15.2 Å². The van der Waals surface area contributed by atoms with Crippen molar-refractivity contribution < 1.29 is 10.0 Å².